The summed E-state index contributed by atoms with van der Waals surface area (Å²) in [7, 11) is 0. The summed E-state index contributed by atoms with van der Waals surface area (Å²) in [6, 6.07) is 0. The fourth-order valence-corrected chi connectivity index (χ4v) is 2.65. The summed E-state index contributed by atoms with van der Waals surface area (Å²) in [5, 5.41) is 3.12. The minimum atomic E-state index is 0. The lowest BCUT2D eigenvalue weighted by molar-refractivity contribution is 0.380. The number of aromatic nitrogens is 1. The molecule has 1 aliphatic rings. The Morgan fingerprint density at radius 3 is 2.74 bits per heavy atom. The number of rotatable bonds is 4. The molecule has 1 aromatic rings. The molecule has 0 radical (unpaired) electrons. The molecule has 0 aromatic carbocycles. The molecule has 2 heterocycles. The van der Waals surface area contributed by atoms with E-state index in [0.29, 0.717) is 5.96 Å². The van der Waals surface area contributed by atoms with Crippen molar-refractivity contribution in [2.75, 3.05) is 37.6 Å². The molecule has 0 spiro atoms. The number of hydrogen-bond acceptors (Lipinski definition) is 4. The fraction of sp³-hybridized carbons (Fsp3) is 0.667. The van der Waals surface area contributed by atoms with E-state index in [1.807, 2.05) is 11.6 Å². The highest BCUT2D eigenvalue weighted by molar-refractivity contribution is 14.0. The lowest BCUT2D eigenvalue weighted by atomic mass is 10.3. The second-order valence-electron chi connectivity index (χ2n) is 4.38. The number of thiazole rings is 1. The van der Waals surface area contributed by atoms with Crippen molar-refractivity contribution in [3.63, 3.8) is 0 Å². The molecular formula is C12H22IN5S. The van der Waals surface area contributed by atoms with Gasteiger partial charge in [-0.05, 0) is 6.42 Å². The zero-order valence-electron chi connectivity index (χ0n) is 11.3. The zero-order chi connectivity index (χ0) is 12.8. The third-order valence-corrected chi connectivity index (χ3v) is 3.91. The van der Waals surface area contributed by atoms with Crippen LogP contribution < -0.4 is 10.6 Å². The summed E-state index contributed by atoms with van der Waals surface area (Å²) >= 11 is 1.69. The molecule has 108 valence electrons. The molecule has 0 saturated carbocycles. The maximum Gasteiger partial charge on any atom is 0.191 e. The van der Waals surface area contributed by atoms with Crippen molar-refractivity contribution >= 4 is 46.4 Å². The van der Waals surface area contributed by atoms with Crippen molar-refractivity contribution in [3.8, 4) is 0 Å². The Balaban J connectivity index is 0.00000180. The summed E-state index contributed by atoms with van der Waals surface area (Å²) in [4.78, 5) is 13.2. The van der Waals surface area contributed by atoms with Gasteiger partial charge in [-0.15, -0.1) is 35.3 Å². The van der Waals surface area contributed by atoms with Crippen LogP contribution in [-0.2, 0) is 0 Å². The van der Waals surface area contributed by atoms with Crippen molar-refractivity contribution in [1.82, 2.24) is 9.88 Å². The van der Waals surface area contributed by atoms with Crippen LogP contribution in [0.5, 0.6) is 0 Å². The Hall–Kier alpha value is -0.570. The third-order valence-electron chi connectivity index (χ3n) is 3.08. The van der Waals surface area contributed by atoms with Gasteiger partial charge in [0.25, 0.3) is 0 Å². The van der Waals surface area contributed by atoms with E-state index >= 15 is 0 Å². The number of unbranched alkanes of at least 4 members (excludes halogenated alkanes) is 1. The number of aliphatic imine (C=N–C) groups is 1. The summed E-state index contributed by atoms with van der Waals surface area (Å²) in [6.07, 6.45) is 4.13. The topological polar surface area (TPSA) is 57.8 Å². The minimum absolute atomic E-state index is 0. The molecule has 0 bridgehead atoms. The first-order valence-electron chi connectivity index (χ1n) is 6.50. The number of halogens is 1. The van der Waals surface area contributed by atoms with Crippen molar-refractivity contribution in [2.24, 2.45) is 10.7 Å². The fourth-order valence-electron chi connectivity index (χ4n) is 1.95. The largest absolute Gasteiger partial charge is 0.370 e. The van der Waals surface area contributed by atoms with Gasteiger partial charge in [0.15, 0.2) is 11.1 Å². The molecule has 1 saturated heterocycles. The molecule has 7 heteroatoms. The van der Waals surface area contributed by atoms with E-state index < -0.39 is 0 Å². The van der Waals surface area contributed by atoms with Crippen LogP contribution in [0.3, 0.4) is 0 Å². The van der Waals surface area contributed by atoms with Crippen molar-refractivity contribution in [2.45, 2.75) is 19.8 Å². The highest BCUT2D eigenvalue weighted by Crippen LogP contribution is 2.18. The molecule has 5 nitrogen and oxygen atoms in total. The number of hydrogen-bond donors (Lipinski definition) is 1. The van der Waals surface area contributed by atoms with E-state index in [9.17, 15) is 0 Å². The van der Waals surface area contributed by atoms with Crippen LogP contribution in [0, 0.1) is 0 Å². The molecule has 2 rings (SSSR count). The van der Waals surface area contributed by atoms with Gasteiger partial charge in [0, 0.05) is 44.3 Å². The predicted octanol–water partition coefficient (Wildman–Crippen LogP) is 2.00. The second kappa shape index (κ2) is 8.57. The zero-order valence-corrected chi connectivity index (χ0v) is 14.4. The van der Waals surface area contributed by atoms with Crippen LogP contribution in [0.1, 0.15) is 19.8 Å². The van der Waals surface area contributed by atoms with Gasteiger partial charge in [-0.25, -0.2) is 4.98 Å². The highest BCUT2D eigenvalue weighted by atomic mass is 127. The number of piperazine rings is 1. The predicted molar refractivity (Wildman–Crippen MR) is 92.7 cm³/mol. The van der Waals surface area contributed by atoms with Gasteiger partial charge in [0.1, 0.15) is 0 Å². The van der Waals surface area contributed by atoms with Crippen LogP contribution in [0.2, 0.25) is 0 Å². The number of anilines is 1. The number of nitrogens with zero attached hydrogens (tertiary/aromatic N) is 4. The van der Waals surface area contributed by atoms with E-state index in [2.05, 4.69) is 26.7 Å². The smallest absolute Gasteiger partial charge is 0.191 e. The normalized spacial score (nSPS) is 16.4. The SMILES string of the molecule is CCCCN=C(N)N1CCN(c2nccs2)CC1.I. The first-order chi connectivity index (χ1) is 8.81. The lowest BCUT2D eigenvalue weighted by Gasteiger charge is -2.35. The Morgan fingerprint density at radius 2 is 2.16 bits per heavy atom. The highest BCUT2D eigenvalue weighted by Gasteiger charge is 2.19. The van der Waals surface area contributed by atoms with Gasteiger partial charge < -0.3 is 15.5 Å². The first kappa shape index (κ1) is 16.5. The van der Waals surface area contributed by atoms with Crippen LogP contribution in [0.25, 0.3) is 0 Å². The van der Waals surface area contributed by atoms with Crippen LogP contribution >= 0.6 is 35.3 Å². The van der Waals surface area contributed by atoms with Crippen molar-refractivity contribution < 1.29 is 0 Å². The van der Waals surface area contributed by atoms with Crippen molar-refractivity contribution in [3.05, 3.63) is 11.6 Å². The molecule has 0 amide bonds. The Morgan fingerprint density at radius 1 is 1.42 bits per heavy atom. The second-order valence-corrected chi connectivity index (χ2v) is 5.26. The van der Waals surface area contributed by atoms with Crippen molar-refractivity contribution in [1.29, 1.82) is 0 Å². The van der Waals surface area contributed by atoms with Gasteiger partial charge in [-0.2, -0.15) is 0 Å². The van der Waals surface area contributed by atoms with E-state index in [1.165, 1.54) is 0 Å². The van der Waals surface area contributed by atoms with Gasteiger partial charge in [0.2, 0.25) is 0 Å². The summed E-state index contributed by atoms with van der Waals surface area (Å²) in [5.41, 5.74) is 6.00. The molecule has 0 atom stereocenters. The van der Waals surface area contributed by atoms with E-state index in [0.717, 1.165) is 50.7 Å². The van der Waals surface area contributed by atoms with E-state index in [-0.39, 0.29) is 24.0 Å². The molecule has 19 heavy (non-hydrogen) atoms. The van der Waals surface area contributed by atoms with Crippen LogP contribution in [0.4, 0.5) is 5.13 Å². The molecule has 1 fully saturated rings. The van der Waals surface area contributed by atoms with Gasteiger partial charge in [0.05, 0.1) is 0 Å². The van der Waals surface area contributed by atoms with Gasteiger partial charge in [-0.1, -0.05) is 13.3 Å². The quantitative estimate of drug-likeness (QED) is 0.367. The number of guanidine groups is 1. The Labute approximate surface area is 135 Å². The van der Waals surface area contributed by atoms with E-state index in [4.69, 9.17) is 5.73 Å². The van der Waals surface area contributed by atoms with Gasteiger partial charge >= 0.3 is 0 Å². The van der Waals surface area contributed by atoms with Crippen LogP contribution in [0.15, 0.2) is 16.6 Å². The average molecular weight is 395 g/mol. The molecule has 0 unspecified atom stereocenters. The minimum Gasteiger partial charge on any atom is -0.370 e. The lowest BCUT2D eigenvalue weighted by Crippen LogP contribution is -2.51. The average Bonchev–Trinajstić information content (AvgIpc) is 2.93. The third kappa shape index (κ3) is 4.79. The maximum atomic E-state index is 6.00. The molecule has 2 N–H and O–H groups in total. The molecule has 0 aliphatic carbocycles. The molecule has 1 aromatic heterocycles. The summed E-state index contributed by atoms with van der Waals surface area (Å²) in [5.74, 6) is 0.697. The maximum absolute atomic E-state index is 6.00. The Bertz CT molecular complexity index is 373. The standard InChI is InChI=1S/C12H21N5S.HI/c1-2-3-4-14-11(13)16-6-8-17(9-7-16)12-15-5-10-18-12;/h5,10H,2-4,6-9H2,1H3,(H2,13,14);1H. The number of nitrogens with two attached hydrogens (primary N) is 1. The molecule has 1 aliphatic heterocycles. The Kier molecular flexibility index (Phi) is 7.44. The van der Waals surface area contributed by atoms with E-state index in [1.54, 1.807) is 11.3 Å². The molecular weight excluding hydrogens is 373 g/mol. The summed E-state index contributed by atoms with van der Waals surface area (Å²) in [6.45, 7) is 6.81. The monoisotopic (exact) mass is 395 g/mol. The van der Waals surface area contributed by atoms with Gasteiger partial charge in [-0.3, -0.25) is 4.99 Å². The first-order valence-corrected chi connectivity index (χ1v) is 7.38. The van der Waals surface area contributed by atoms with Crippen LogP contribution in [-0.4, -0.2) is 48.6 Å². The summed E-state index contributed by atoms with van der Waals surface area (Å²) < 4.78 is 0.